The van der Waals surface area contributed by atoms with Crippen LogP contribution >= 0.6 is 15.9 Å². The van der Waals surface area contributed by atoms with Crippen LogP contribution < -0.4 is 9.46 Å². The second-order valence-corrected chi connectivity index (χ2v) is 8.02. The average Bonchev–Trinajstić information content (AvgIpc) is 2.48. The van der Waals surface area contributed by atoms with E-state index in [4.69, 9.17) is 4.74 Å². The van der Waals surface area contributed by atoms with E-state index in [9.17, 15) is 13.2 Å². The van der Waals surface area contributed by atoms with Crippen LogP contribution in [0, 0.1) is 13.8 Å². The molecule has 1 atom stereocenters. The van der Waals surface area contributed by atoms with Gasteiger partial charge in [-0.1, -0.05) is 33.6 Å². The smallest absolute Gasteiger partial charge is 0.274 e. The number of carbonyl (C=O) groups is 1. The normalized spacial score (nSPS) is 12.5. The van der Waals surface area contributed by atoms with Gasteiger partial charge in [0.15, 0.2) is 6.10 Å². The van der Waals surface area contributed by atoms with E-state index in [2.05, 4.69) is 20.7 Å². The van der Waals surface area contributed by atoms with Crippen LogP contribution in [0.15, 0.2) is 51.8 Å². The first kappa shape index (κ1) is 18.5. The molecule has 0 spiro atoms. The Bertz CT molecular complexity index is 847. The monoisotopic (exact) mass is 411 g/mol. The Balaban J connectivity index is 2.10. The SMILES string of the molecule is Cc1ccc(S(=O)(=O)NC(=O)C(C)Oc2ccc(Br)cc2)c(C)c1. The van der Waals surface area contributed by atoms with Crippen LogP contribution in [0.2, 0.25) is 0 Å². The van der Waals surface area contributed by atoms with E-state index in [-0.39, 0.29) is 4.90 Å². The van der Waals surface area contributed by atoms with E-state index in [1.54, 1.807) is 43.3 Å². The van der Waals surface area contributed by atoms with Crippen LogP contribution in [0.25, 0.3) is 0 Å². The summed E-state index contributed by atoms with van der Waals surface area (Å²) < 4.78 is 33.2. The molecule has 1 unspecified atom stereocenters. The van der Waals surface area contributed by atoms with E-state index in [1.807, 2.05) is 6.92 Å². The fourth-order valence-electron chi connectivity index (χ4n) is 2.14. The molecule has 0 bridgehead atoms. The number of rotatable bonds is 5. The first-order valence-electron chi connectivity index (χ1n) is 7.25. The molecule has 0 fully saturated rings. The lowest BCUT2D eigenvalue weighted by molar-refractivity contribution is -0.125. The number of hydrogen-bond donors (Lipinski definition) is 1. The van der Waals surface area contributed by atoms with Crippen molar-refractivity contribution in [2.24, 2.45) is 0 Å². The van der Waals surface area contributed by atoms with E-state index < -0.39 is 22.0 Å². The van der Waals surface area contributed by atoms with Gasteiger partial charge in [-0.3, -0.25) is 4.79 Å². The minimum atomic E-state index is -3.94. The van der Waals surface area contributed by atoms with Crippen molar-refractivity contribution in [2.75, 3.05) is 0 Å². The minimum Gasteiger partial charge on any atom is -0.481 e. The first-order chi connectivity index (χ1) is 11.2. The maximum atomic E-state index is 12.4. The largest absolute Gasteiger partial charge is 0.481 e. The molecule has 7 heteroatoms. The van der Waals surface area contributed by atoms with E-state index in [1.165, 1.54) is 13.0 Å². The molecule has 1 amide bonds. The number of carbonyl (C=O) groups excluding carboxylic acids is 1. The predicted octanol–water partition coefficient (Wildman–Crippen LogP) is 3.34. The maximum Gasteiger partial charge on any atom is 0.274 e. The lowest BCUT2D eigenvalue weighted by atomic mass is 10.2. The Morgan fingerprint density at radius 1 is 1.12 bits per heavy atom. The summed E-state index contributed by atoms with van der Waals surface area (Å²) in [5, 5.41) is 0. The van der Waals surface area contributed by atoms with Crippen LogP contribution in [-0.2, 0) is 14.8 Å². The number of hydrogen-bond acceptors (Lipinski definition) is 4. The molecular weight excluding hydrogens is 394 g/mol. The number of halogens is 1. The van der Waals surface area contributed by atoms with E-state index in [0.717, 1.165) is 10.0 Å². The molecule has 2 aromatic rings. The molecule has 0 saturated carbocycles. The Morgan fingerprint density at radius 2 is 1.75 bits per heavy atom. The summed E-state index contributed by atoms with van der Waals surface area (Å²) in [5.41, 5.74) is 1.53. The number of amides is 1. The molecule has 128 valence electrons. The molecule has 24 heavy (non-hydrogen) atoms. The number of sulfonamides is 1. The summed E-state index contributed by atoms with van der Waals surface area (Å²) in [4.78, 5) is 12.2. The van der Waals surface area contributed by atoms with Crippen molar-refractivity contribution in [3.63, 3.8) is 0 Å². The van der Waals surface area contributed by atoms with Gasteiger partial charge in [0.2, 0.25) is 0 Å². The van der Waals surface area contributed by atoms with Gasteiger partial charge in [0, 0.05) is 4.47 Å². The zero-order valence-electron chi connectivity index (χ0n) is 13.5. The summed E-state index contributed by atoms with van der Waals surface area (Å²) >= 11 is 3.30. The summed E-state index contributed by atoms with van der Waals surface area (Å²) in [6.07, 6.45) is -0.952. The minimum absolute atomic E-state index is 0.0808. The zero-order valence-corrected chi connectivity index (χ0v) is 15.9. The topological polar surface area (TPSA) is 72.5 Å². The second kappa shape index (κ2) is 7.36. The van der Waals surface area contributed by atoms with Gasteiger partial charge in [-0.15, -0.1) is 0 Å². The molecule has 0 aliphatic rings. The Hall–Kier alpha value is -1.86. The highest BCUT2D eigenvalue weighted by atomic mass is 79.9. The van der Waals surface area contributed by atoms with Gasteiger partial charge < -0.3 is 4.74 Å². The van der Waals surface area contributed by atoms with Crippen molar-refractivity contribution in [2.45, 2.75) is 31.8 Å². The van der Waals surface area contributed by atoms with Gasteiger partial charge in [-0.2, -0.15) is 0 Å². The molecule has 2 aromatic carbocycles. The van der Waals surface area contributed by atoms with Crippen molar-refractivity contribution in [3.05, 3.63) is 58.1 Å². The third-order valence-electron chi connectivity index (χ3n) is 3.35. The molecule has 0 radical (unpaired) electrons. The highest BCUT2D eigenvalue weighted by Gasteiger charge is 2.24. The van der Waals surface area contributed by atoms with Crippen LogP contribution in [0.3, 0.4) is 0 Å². The Labute approximate surface area is 150 Å². The van der Waals surface area contributed by atoms with Crippen LogP contribution in [-0.4, -0.2) is 20.4 Å². The summed E-state index contributed by atoms with van der Waals surface area (Å²) in [7, 11) is -3.94. The van der Waals surface area contributed by atoms with Crippen molar-refractivity contribution in [1.82, 2.24) is 4.72 Å². The lowest BCUT2D eigenvalue weighted by Crippen LogP contribution is -2.40. The van der Waals surface area contributed by atoms with Gasteiger partial charge in [0.25, 0.3) is 15.9 Å². The molecule has 0 aliphatic carbocycles. The lowest BCUT2D eigenvalue weighted by Gasteiger charge is -2.15. The van der Waals surface area contributed by atoms with Crippen LogP contribution in [0.1, 0.15) is 18.1 Å². The van der Waals surface area contributed by atoms with E-state index in [0.29, 0.717) is 11.3 Å². The predicted molar refractivity (Wildman–Crippen MR) is 95.5 cm³/mol. The molecule has 5 nitrogen and oxygen atoms in total. The molecule has 2 rings (SSSR count). The third-order valence-corrected chi connectivity index (χ3v) is 5.39. The van der Waals surface area contributed by atoms with Gasteiger partial charge >= 0.3 is 0 Å². The number of ether oxygens (including phenoxy) is 1. The standard InChI is InChI=1S/C17H18BrNO4S/c1-11-4-9-16(12(2)10-11)24(21,22)19-17(20)13(3)23-15-7-5-14(18)6-8-15/h4-10,13H,1-3H3,(H,19,20). The maximum absolute atomic E-state index is 12.4. The highest BCUT2D eigenvalue weighted by Crippen LogP contribution is 2.19. The molecular formula is C17H18BrNO4S. The van der Waals surface area contributed by atoms with Crippen molar-refractivity contribution in [1.29, 1.82) is 0 Å². The third kappa shape index (κ3) is 4.58. The average molecular weight is 412 g/mol. The van der Waals surface area contributed by atoms with Crippen LogP contribution in [0.5, 0.6) is 5.75 Å². The quantitative estimate of drug-likeness (QED) is 0.818. The first-order valence-corrected chi connectivity index (χ1v) is 9.53. The summed E-state index contributed by atoms with van der Waals surface area (Å²) in [6.45, 7) is 5.05. The number of nitrogens with one attached hydrogen (secondary N) is 1. The molecule has 0 aromatic heterocycles. The van der Waals surface area contributed by atoms with Gasteiger partial charge in [-0.25, -0.2) is 13.1 Å². The molecule has 0 heterocycles. The van der Waals surface area contributed by atoms with Gasteiger partial charge in [-0.05, 0) is 56.7 Å². The molecule has 0 aliphatic heterocycles. The Morgan fingerprint density at radius 3 is 2.33 bits per heavy atom. The van der Waals surface area contributed by atoms with Crippen molar-refractivity contribution < 1.29 is 17.9 Å². The summed E-state index contributed by atoms with van der Waals surface area (Å²) in [6, 6.07) is 11.8. The zero-order chi connectivity index (χ0) is 17.9. The van der Waals surface area contributed by atoms with E-state index >= 15 is 0 Å². The summed E-state index contributed by atoms with van der Waals surface area (Å²) in [5.74, 6) is -0.248. The van der Waals surface area contributed by atoms with Crippen molar-refractivity contribution in [3.8, 4) is 5.75 Å². The molecule has 1 N–H and O–H groups in total. The second-order valence-electron chi connectivity index (χ2n) is 5.45. The van der Waals surface area contributed by atoms with Crippen LogP contribution in [0.4, 0.5) is 0 Å². The van der Waals surface area contributed by atoms with Gasteiger partial charge in [0.05, 0.1) is 4.90 Å². The number of benzene rings is 2. The Kier molecular flexibility index (Phi) is 5.66. The van der Waals surface area contributed by atoms with Crippen molar-refractivity contribution >= 4 is 31.9 Å². The fraction of sp³-hybridized carbons (Fsp3) is 0.235. The van der Waals surface area contributed by atoms with Gasteiger partial charge in [0.1, 0.15) is 5.75 Å². The fourth-order valence-corrected chi connectivity index (χ4v) is 3.68. The number of aryl methyl sites for hydroxylation is 2. The molecule has 0 saturated heterocycles. The highest BCUT2D eigenvalue weighted by molar-refractivity contribution is 9.10.